The zero-order valence-corrected chi connectivity index (χ0v) is 19.0. The van der Waals surface area contributed by atoms with Gasteiger partial charge in [0.1, 0.15) is 23.7 Å². The van der Waals surface area contributed by atoms with Crippen molar-refractivity contribution in [3.05, 3.63) is 47.2 Å². The first-order valence-corrected chi connectivity index (χ1v) is 11.9. The Morgan fingerprint density at radius 3 is 2.71 bits per heavy atom. The topological polar surface area (TPSA) is 194 Å². The molecule has 3 atom stereocenters. The van der Waals surface area contributed by atoms with Gasteiger partial charge in [0.2, 0.25) is 11.1 Å². The summed E-state index contributed by atoms with van der Waals surface area (Å²) in [6.07, 6.45) is -1.45. The first kappa shape index (κ1) is 23.7. The summed E-state index contributed by atoms with van der Waals surface area (Å²) < 4.78 is 1.20. The number of carboxylic acids is 1. The number of thioether (sulfide) groups is 2. The first-order chi connectivity index (χ1) is 16.3. The van der Waals surface area contributed by atoms with Crippen LogP contribution in [-0.2, 0) is 25.7 Å². The molecule has 2 aliphatic rings. The zero-order chi connectivity index (χ0) is 24.4. The molecular formula is C19H19N7O6S2. The van der Waals surface area contributed by atoms with Gasteiger partial charge in [-0.2, -0.15) is 0 Å². The Labute approximate surface area is 200 Å². The van der Waals surface area contributed by atoms with E-state index in [9.17, 15) is 29.4 Å². The van der Waals surface area contributed by atoms with Crippen LogP contribution in [0.5, 0.6) is 0 Å². The number of carbonyl (C=O) groups excluding carboxylic acids is 3. The monoisotopic (exact) mass is 505 g/mol. The highest BCUT2D eigenvalue weighted by Gasteiger charge is 2.54. The summed E-state index contributed by atoms with van der Waals surface area (Å²) in [4.78, 5) is 49.5. The van der Waals surface area contributed by atoms with Crippen molar-refractivity contribution in [3.63, 3.8) is 0 Å². The number of nitrogens with zero attached hydrogens (tertiary/aromatic N) is 5. The van der Waals surface area contributed by atoms with Crippen LogP contribution in [0, 0.1) is 0 Å². The van der Waals surface area contributed by atoms with Gasteiger partial charge in [-0.15, -0.1) is 16.9 Å². The molecule has 1 aromatic carbocycles. The van der Waals surface area contributed by atoms with Crippen LogP contribution in [0.25, 0.3) is 0 Å². The molecule has 0 bridgehead atoms. The minimum atomic E-state index is -1.45. The molecule has 15 heteroatoms. The average Bonchev–Trinajstić information content (AvgIpc) is 3.26. The minimum absolute atomic E-state index is 0.161. The number of aromatic nitrogens is 4. The summed E-state index contributed by atoms with van der Waals surface area (Å²) in [5.41, 5.74) is 5.85. The van der Waals surface area contributed by atoms with Crippen LogP contribution >= 0.6 is 23.5 Å². The van der Waals surface area contributed by atoms with E-state index in [2.05, 4.69) is 20.8 Å². The molecule has 2 aliphatic heterocycles. The first-order valence-electron chi connectivity index (χ1n) is 9.88. The van der Waals surface area contributed by atoms with E-state index in [1.807, 2.05) is 0 Å². The molecule has 1 fully saturated rings. The summed E-state index contributed by atoms with van der Waals surface area (Å²) in [5.74, 6) is -2.79. The van der Waals surface area contributed by atoms with Gasteiger partial charge in [-0.05, 0) is 21.6 Å². The second kappa shape index (κ2) is 9.82. The lowest BCUT2D eigenvalue weighted by Gasteiger charge is -2.49. The van der Waals surface area contributed by atoms with Crippen molar-refractivity contribution in [3.8, 4) is 0 Å². The number of primary amides is 1. The Bertz CT molecular complexity index is 1170. The summed E-state index contributed by atoms with van der Waals surface area (Å²) >= 11 is 2.41. The van der Waals surface area contributed by atoms with Gasteiger partial charge in [0.05, 0.1) is 0 Å². The molecule has 34 heavy (non-hydrogen) atoms. The Morgan fingerprint density at radius 2 is 2.03 bits per heavy atom. The van der Waals surface area contributed by atoms with Crippen LogP contribution in [0.1, 0.15) is 11.7 Å². The van der Waals surface area contributed by atoms with E-state index < -0.39 is 41.2 Å². The molecule has 13 nitrogen and oxygen atoms in total. The van der Waals surface area contributed by atoms with Gasteiger partial charge in [0, 0.05) is 11.5 Å². The van der Waals surface area contributed by atoms with Gasteiger partial charge in [0.15, 0.2) is 6.10 Å². The number of aliphatic hydroxyl groups excluding tert-OH is 1. The number of rotatable bonds is 9. The molecule has 0 saturated carbocycles. The number of amides is 3. The summed E-state index contributed by atoms with van der Waals surface area (Å²) in [5, 5.41) is 33.2. The van der Waals surface area contributed by atoms with Gasteiger partial charge < -0.3 is 21.3 Å². The summed E-state index contributed by atoms with van der Waals surface area (Å²) in [7, 11) is 0. The van der Waals surface area contributed by atoms with Crippen LogP contribution in [0.15, 0.2) is 46.8 Å². The second-order valence-electron chi connectivity index (χ2n) is 7.34. The normalized spacial score (nSPS) is 20.4. The minimum Gasteiger partial charge on any atom is -0.477 e. The SMILES string of the molecule is NC(=O)Cn1nnnc1SCC1=C(C(=O)O)N2C(=O)C(NC(=O)C(O)c3ccccc3)[C@@H]2SC1. The number of nitrogens with two attached hydrogens (primary N) is 1. The van der Waals surface area contributed by atoms with E-state index >= 15 is 0 Å². The molecule has 0 spiro atoms. The molecule has 3 heterocycles. The number of benzene rings is 1. The fourth-order valence-electron chi connectivity index (χ4n) is 3.51. The standard InChI is InChI=1S/C19H19N7O6S2/c20-11(27)6-25-19(22-23-24-25)34-8-10-7-33-17-12(16(30)26(17)13(10)18(31)32)21-15(29)14(28)9-4-2-1-3-5-9/h1-5,12,14,17,28H,6-8H2,(H2,20,27)(H,21,29)(H,31,32)/t12?,14?,17-/m0/s1. The predicted molar refractivity (Wildman–Crippen MR) is 119 cm³/mol. The molecule has 2 aromatic rings. The maximum absolute atomic E-state index is 12.8. The number of carboxylic acid groups (broad SMARTS) is 1. The number of β-lactam (4-membered cyclic amide) rings is 1. The third kappa shape index (κ3) is 4.62. The Kier molecular flexibility index (Phi) is 6.85. The summed E-state index contributed by atoms with van der Waals surface area (Å²) in [6.45, 7) is -0.224. The van der Waals surface area contributed by atoms with E-state index in [4.69, 9.17) is 5.73 Å². The number of carbonyl (C=O) groups is 4. The van der Waals surface area contributed by atoms with Crippen LogP contribution in [0.4, 0.5) is 0 Å². The smallest absolute Gasteiger partial charge is 0.352 e. The van der Waals surface area contributed by atoms with Crippen molar-refractivity contribution >= 4 is 47.2 Å². The maximum Gasteiger partial charge on any atom is 0.352 e. The second-order valence-corrected chi connectivity index (χ2v) is 9.39. The van der Waals surface area contributed by atoms with Crippen molar-refractivity contribution in [1.29, 1.82) is 0 Å². The Balaban J connectivity index is 1.45. The fraction of sp³-hybridized carbons (Fsp3) is 0.316. The van der Waals surface area contributed by atoms with Crippen molar-refractivity contribution in [2.24, 2.45) is 5.73 Å². The lowest BCUT2D eigenvalue weighted by Crippen LogP contribution is -2.70. The number of aliphatic carboxylic acids is 1. The Morgan fingerprint density at radius 1 is 1.29 bits per heavy atom. The highest BCUT2D eigenvalue weighted by atomic mass is 32.2. The van der Waals surface area contributed by atoms with Crippen LogP contribution in [0.2, 0.25) is 0 Å². The lowest BCUT2D eigenvalue weighted by atomic mass is 10.0. The van der Waals surface area contributed by atoms with Crippen molar-refractivity contribution < 1.29 is 29.4 Å². The molecular weight excluding hydrogens is 486 g/mol. The molecule has 1 aromatic heterocycles. The number of hydrogen-bond donors (Lipinski definition) is 4. The molecule has 0 aliphatic carbocycles. The van der Waals surface area contributed by atoms with E-state index in [-0.39, 0.29) is 28.9 Å². The zero-order valence-electron chi connectivity index (χ0n) is 17.4. The molecule has 5 N–H and O–H groups in total. The van der Waals surface area contributed by atoms with Gasteiger partial charge in [-0.1, -0.05) is 42.1 Å². The molecule has 0 radical (unpaired) electrons. The van der Waals surface area contributed by atoms with E-state index in [1.54, 1.807) is 30.3 Å². The number of tetrazole rings is 1. The van der Waals surface area contributed by atoms with Crippen molar-refractivity contribution in [2.45, 2.75) is 29.2 Å². The van der Waals surface area contributed by atoms with Gasteiger partial charge in [-0.3, -0.25) is 19.3 Å². The van der Waals surface area contributed by atoms with Crippen molar-refractivity contribution in [2.75, 3.05) is 11.5 Å². The molecule has 1 saturated heterocycles. The maximum atomic E-state index is 12.8. The van der Waals surface area contributed by atoms with Gasteiger partial charge >= 0.3 is 5.97 Å². The molecule has 2 unspecified atom stereocenters. The highest BCUT2D eigenvalue weighted by Crippen LogP contribution is 2.41. The lowest BCUT2D eigenvalue weighted by molar-refractivity contribution is -0.151. The predicted octanol–water partition coefficient (Wildman–Crippen LogP) is -1.28. The third-order valence-corrected chi connectivity index (χ3v) is 7.47. The largest absolute Gasteiger partial charge is 0.477 e. The van der Waals surface area contributed by atoms with E-state index in [1.165, 1.54) is 16.4 Å². The number of aliphatic hydroxyl groups is 1. The van der Waals surface area contributed by atoms with Crippen LogP contribution in [0.3, 0.4) is 0 Å². The third-order valence-electron chi connectivity index (χ3n) is 5.09. The van der Waals surface area contributed by atoms with E-state index in [0.29, 0.717) is 11.1 Å². The molecule has 4 rings (SSSR count). The molecule has 3 amide bonds. The quantitative estimate of drug-likeness (QED) is 0.234. The Hall–Kier alpha value is -3.43. The van der Waals surface area contributed by atoms with Gasteiger partial charge in [0.25, 0.3) is 11.8 Å². The van der Waals surface area contributed by atoms with E-state index in [0.717, 1.165) is 16.7 Å². The highest BCUT2D eigenvalue weighted by molar-refractivity contribution is 8.01. The molecule has 178 valence electrons. The number of nitrogens with one attached hydrogen (secondary N) is 1. The summed E-state index contributed by atoms with van der Waals surface area (Å²) in [6, 6.07) is 7.31. The van der Waals surface area contributed by atoms with Gasteiger partial charge in [-0.25, -0.2) is 9.48 Å². The number of fused-ring (bicyclic) bond motifs is 1. The van der Waals surface area contributed by atoms with Crippen LogP contribution in [-0.4, -0.2) is 81.9 Å². The fourth-order valence-corrected chi connectivity index (χ4v) is 5.87. The van der Waals surface area contributed by atoms with Crippen LogP contribution < -0.4 is 11.1 Å². The average molecular weight is 506 g/mol. The van der Waals surface area contributed by atoms with Crippen molar-refractivity contribution in [1.82, 2.24) is 30.4 Å². The number of hydrogen-bond acceptors (Lipinski definition) is 10.